The van der Waals surface area contributed by atoms with Crippen LogP contribution in [0.5, 0.6) is 0 Å². The molecule has 3 heterocycles. The number of rotatable bonds is 4. The molecule has 0 spiro atoms. The number of carbonyl (C=O) groups is 1. The minimum Gasteiger partial charge on any atom is -0.351 e. The summed E-state index contributed by atoms with van der Waals surface area (Å²) in [6, 6.07) is 6.48. The Morgan fingerprint density at radius 3 is 2.64 bits per heavy atom. The van der Waals surface area contributed by atoms with Crippen LogP contribution >= 0.6 is 11.8 Å². The molecule has 1 amide bonds. The first-order valence-electron chi connectivity index (χ1n) is 8.63. The second kappa shape index (κ2) is 7.66. The average molecular weight is 405 g/mol. The van der Waals surface area contributed by atoms with Crippen LogP contribution in [-0.4, -0.2) is 67.7 Å². The summed E-state index contributed by atoms with van der Waals surface area (Å²) in [4.78, 5) is 25.4. The van der Waals surface area contributed by atoms with Crippen molar-refractivity contribution in [2.24, 2.45) is 7.05 Å². The maximum absolute atomic E-state index is 12.9. The number of aromatic nitrogens is 5. The molecule has 4 rings (SSSR count). The van der Waals surface area contributed by atoms with Crippen molar-refractivity contribution in [1.29, 1.82) is 0 Å². The fourth-order valence-corrected chi connectivity index (χ4v) is 3.84. The normalized spacial score (nSPS) is 14.9. The van der Waals surface area contributed by atoms with Crippen LogP contribution in [0.1, 0.15) is 10.4 Å². The zero-order chi connectivity index (χ0) is 19.7. The lowest BCUT2D eigenvalue weighted by atomic mass is 10.2. The van der Waals surface area contributed by atoms with Crippen molar-refractivity contribution in [1.82, 2.24) is 29.9 Å². The summed E-state index contributed by atoms with van der Waals surface area (Å²) >= 11 is 0.393. The van der Waals surface area contributed by atoms with E-state index in [0.29, 0.717) is 65.4 Å². The van der Waals surface area contributed by atoms with Gasteiger partial charge in [0.25, 0.3) is 11.7 Å². The van der Waals surface area contributed by atoms with Crippen LogP contribution in [0.2, 0.25) is 0 Å². The van der Waals surface area contributed by atoms with E-state index in [1.165, 1.54) is 6.33 Å². The van der Waals surface area contributed by atoms with Crippen LogP contribution in [0.15, 0.2) is 35.5 Å². The number of nitrogens with zero attached hydrogens (tertiary/aromatic N) is 7. The molecule has 0 N–H and O–H groups in total. The molecule has 0 saturated carbocycles. The highest BCUT2D eigenvalue weighted by Crippen LogP contribution is 2.29. The summed E-state index contributed by atoms with van der Waals surface area (Å²) in [5, 5.41) is 8.10. The molecule has 1 aromatic carbocycles. The molecule has 0 atom stereocenters. The first-order valence-corrected chi connectivity index (χ1v) is 9.51. The predicted molar refractivity (Wildman–Crippen MR) is 101 cm³/mol. The Morgan fingerprint density at radius 2 is 1.89 bits per heavy atom. The van der Waals surface area contributed by atoms with E-state index in [1.54, 1.807) is 40.9 Å². The van der Waals surface area contributed by atoms with Crippen molar-refractivity contribution in [2.75, 3.05) is 31.1 Å². The fraction of sp³-hybridized carbons (Fsp3) is 0.353. The van der Waals surface area contributed by atoms with Crippen LogP contribution in [0, 0.1) is 0 Å². The number of aryl methyl sites for hydroxylation is 1. The highest BCUT2D eigenvalue weighted by molar-refractivity contribution is 7.99. The molecule has 146 valence electrons. The van der Waals surface area contributed by atoms with Crippen molar-refractivity contribution < 1.29 is 13.6 Å². The molecule has 0 aliphatic carbocycles. The number of alkyl halides is 2. The second-order valence-corrected chi connectivity index (χ2v) is 7.27. The van der Waals surface area contributed by atoms with Gasteiger partial charge in [-0.3, -0.25) is 4.79 Å². The summed E-state index contributed by atoms with van der Waals surface area (Å²) in [6.45, 7) is 2.02. The lowest BCUT2D eigenvalue weighted by Gasteiger charge is -2.35. The van der Waals surface area contributed by atoms with Crippen molar-refractivity contribution in [3.05, 3.63) is 36.2 Å². The molecule has 28 heavy (non-hydrogen) atoms. The van der Waals surface area contributed by atoms with E-state index in [1.807, 2.05) is 4.90 Å². The van der Waals surface area contributed by atoms with Crippen LogP contribution in [-0.2, 0) is 7.05 Å². The fourth-order valence-electron chi connectivity index (χ4n) is 3.21. The Kier molecular flexibility index (Phi) is 5.07. The maximum atomic E-state index is 12.9. The van der Waals surface area contributed by atoms with Crippen molar-refractivity contribution in [3.8, 4) is 0 Å². The van der Waals surface area contributed by atoms with E-state index < -0.39 is 5.76 Å². The molecule has 1 aliphatic heterocycles. The van der Waals surface area contributed by atoms with Crippen LogP contribution in [0.4, 0.5) is 14.6 Å². The first kappa shape index (κ1) is 18.5. The zero-order valence-corrected chi connectivity index (χ0v) is 15.8. The number of hydrogen-bond acceptors (Lipinski definition) is 7. The van der Waals surface area contributed by atoms with Gasteiger partial charge < -0.3 is 9.80 Å². The molecule has 1 fully saturated rings. The number of halogens is 2. The molecular formula is C17H17F2N7OS. The number of benzene rings is 1. The monoisotopic (exact) mass is 405 g/mol. The molecule has 0 unspecified atom stereocenters. The van der Waals surface area contributed by atoms with Crippen molar-refractivity contribution in [2.45, 2.75) is 10.7 Å². The van der Waals surface area contributed by atoms with Gasteiger partial charge in [-0.05, 0) is 12.1 Å². The average Bonchev–Trinajstić information content (AvgIpc) is 3.09. The Hall–Kier alpha value is -2.82. The minimum atomic E-state index is -2.57. The Labute approximate surface area is 163 Å². The van der Waals surface area contributed by atoms with Gasteiger partial charge in [0, 0.05) is 38.1 Å². The summed E-state index contributed by atoms with van der Waals surface area (Å²) in [6.07, 6.45) is 1.47. The van der Waals surface area contributed by atoms with Crippen molar-refractivity contribution >= 4 is 34.7 Å². The van der Waals surface area contributed by atoms with Crippen LogP contribution in [0.3, 0.4) is 0 Å². The van der Waals surface area contributed by atoms with Gasteiger partial charge >= 0.3 is 0 Å². The van der Waals surface area contributed by atoms with Gasteiger partial charge in [0.2, 0.25) is 0 Å². The summed E-state index contributed by atoms with van der Waals surface area (Å²) in [5.74, 6) is -2.13. The van der Waals surface area contributed by atoms with E-state index in [2.05, 4.69) is 20.3 Å². The van der Waals surface area contributed by atoms with Gasteiger partial charge in [-0.2, -0.15) is 8.78 Å². The highest BCUT2D eigenvalue weighted by atomic mass is 32.2. The smallest absolute Gasteiger partial charge is 0.288 e. The number of hydrogen-bond donors (Lipinski definition) is 0. The largest absolute Gasteiger partial charge is 0.351 e. The standard InChI is InChI=1S/C17H17F2N7OS/c1-24-14-13(22-23-24)15(21-10-20-14)25-6-8-26(9-7-25)16(27)11-4-2-3-5-12(11)28-17(18)19/h2-5,10,17H,6-9H2,1H3. The first-order chi connectivity index (χ1) is 13.5. The predicted octanol–water partition coefficient (Wildman–Crippen LogP) is 2.04. The number of amides is 1. The second-order valence-electron chi connectivity index (χ2n) is 6.24. The highest BCUT2D eigenvalue weighted by Gasteiger charge is 2.26. The third-order valence-electron chi connectivity index (χ3n) is 4.57. The van der Waals surface area contributed by atoms with E-state index in [4.69, 9.17) is 0 Å². The van der Waals surface area contributed by atoms with Gasteiger partial charge in [-0.1, -0.05) is 29.1 Å². The number of carbonyl (C=O) groups excluding carboxylic acids is 1. The quantitative estimate of drug-likeness (QED) is 0.615. The third kappa shape index (κ3) is 3.49. The SMILES string of the molecule is Cn1nnc2c(N3CCN(C(=O)c4ccccc4SC(F)F)CC3)ncnc21. The molecule has 1 saturated heterocycles. The summed E-state index contributed by atoms with van der Waals surface area (Å²) < 4.78 is 27.1. The van der Waals surface area contributed by atoms with E-state index in [-0.39, 0.29) is 5.91 Å². The third-order valence-corrected chi connectivity index (χ3v) is 5.36. The number of piperazine rings is 1. The van der Waals surface area contributed by atoms with E-state index >= 15 is 0 Å². The molecule has 2 aromatic heterocycles. The summed E-state index contributed by atoms with van der Waals surface area (Å²) in [7, 11) is 1.76. The number of anilines is 1. The van der Waals surface area contributed by atoms with Gasteiger partial charge in [0.05, 0.1) is 5.56 Å². The molecular weight excluding hydrogens is 388 g/mol. The molecule has 11 heteroatoms. The Balaban J connectivity index is 1.49. The van der Waals surface area contributed by atoms with E-state index in [0.717, 1.165) is 0 Å². The molecule has 1 aliphatic rings. The lowest BCUT2D eigenvalue weighted by Crippen LogP contribution is -2.49. The van der Waals surface area contributed by atoms with Crippen molar-refractivity contribution in [3.63, 3.8) is 0 Å². The van der Waals surface area contributed by atoms with E-state index in [9.17, 15) is 13.6 Å². The topological polar surface area (TPSA) is 80.0 Å². The van der Waals surface area contributed by atoms with Gasteiger partial charge in [0.1, 0.15) is 6.33 Å². The Bertz CT molecular complexity index is 1000. The van der Waals surface area contributed by atoms with Gasteiger partial charge in [-0.25, -0.2) is 14.6 Å². The van der Waals surface area contributed by atoms with Crippen LogP contribution in [0.25, 0.3) is 11.2 Å². The summed E-state index contributed by atoms with van der Waals surface area (Å²) in [5.41, 5.74) is 1.56. The Morgan fingerprint density at radius 1 is 1.14 bits per heavy atom. The van der Waals surface area contributed by atoms with Crippen LogP contribution < -0.4 is 4.90 Å². The number of thioether (sulfide) groups is 1. The molecule has 3 aromatic rings. The van der Waals surface area contributed by atoms with Gasteiger partial charge in [-0.15, -0.1) is 5.10 Å². The van der Waals surface area contributed by atoms with Gasteiger partial charge in [0.15, 0.2) is 17.0 Å². The number of fused-ring (bicyclic) bond motifs is 1. The molecule has 0 bridgehead atoms. The lowest BCUT2D eigenvalue weighted by molar-refractivity contribution is 0.0743. The molecule has 0 radical (unpaired) electrons. The maximum Gasteiger partial charge on any atom is 0.288 e. The zero-order valence-electron chi connectivity index (χ0n) is 15.0. The minimum absolute atomic E-state index is 0.240. The molecule has 8 nitrogen and oxygen atoms in total.